The van der Waals surface area contributed by atoms with Crippen molar-refractivity contribution in [2.75, 3.05) is 13.7 Å². The van der Waals surface area contributed by atoms with E-state index in [-0.39, 0.29) is 0 Å². The lowest BCUT2D eigenvalue weighted by atomic mass is 10.2. The number of halogens is 1. The van der Waals surface area contributed by atoms with E-state index >= 15 is 0 Å². The SMILES string of the molecule is COc1ccc(/C=C/c2nc3ccccc3n2CCOc2ccc(Cl)cc2)cc1. The van der Waals surface area contributed by atoms with Crippen LogP contribution in [-0.4, -0.2) is 23.3 Å². The first-order valence-corrected chi connectivity index (χ1v) is 9.76. The van der Waals surface area contributed by atoms with Crippen molar-refractivity contribution >= 4 is 34.8 Å². The molecule has 4 rings (SSSR count). The molecule has 0 atom stereocenters. The number of nitrogens with zero attached hydrogens (tertiary/aromatic N) is 2. The van der Waals surface area contributed by atoms with Gasteiger partial charge >= 0.3 is 0 Å². The first-order valence-electron chi connectivity index (χ1n) is 9.39. The lowest BCUT2D eigenvalue weighted by Gasteiger charge is -2.09. The normalized spacial score (nSPS) is 11.2. The van der Waals surface area contributed by atoms with E-state index < -0.39 is 0 Å². The second-order valence-electron chi connectivity index (χ2n) is 6.52. The van der Waals surface area contributed by atoms with Crippen LogP contribution >= 0.6 is 11.6 Å². The van der Waals surface area contributed by atoms with Gasteiger partial charge in [-0.3, -0.25) is 0 Å². The zero-order valence-electron chi connectivity index (χ0n) is 16.1. The van der Waals surface area contributed by atoms with Gasteiger partial charge in [0.2, 0.25) is 0 Å². The summed E-state index contributed by atoms with van der Waals surface area (Å²) in [6.45, 7) is 1.22. The van der Waals surface area contributed by atoms with E-state index in [9.17, 15) is 0 Å². The van der Waals surface area contributed by atoms with Gasteiger partial charge in [-0.15, -0.1) is 0 Å². The Morgan fingerprint density at radius 2 is 1.62 bits per heavy atom. The number of hydrogen-bond donors (Lipinski definition) is 0. The predicted molar refractivity (Wildman–Crippen MR) is 119 cm³/mol. The predicted octanol–water partition coefficient (Wildman–Crippen LogP) is 5.95. The number of benzene rings is 3. The molecule has 0 bridgehead atoms. The third-order valence-electron chi connectivity index (χ3n) is 4.62. The average Bonchev–Trinajstić information content (AvgIpc) is 3.11. The van der Waals surface area contributed by atoms with Crippen LogP contribution in [0.15, 0.2) is 72.8 Å². The molecule has 5 heteroatoms. The number of ether oxygens (including phenoxy) is 2. The molecular weight excluding hydrogens is 384 g/mol. The summed E-state index contributed by atoms with van der Waals surface area (Å²) < 4.78 is 13.3. The second-order valence-corrected chi connectivity index (χ2v) is 6.96. The lowest BCUT2D eigenvalue weighted by Crippen LogP contribution is -2.09. The third kappa shape index (κ3) is 4.61. The minimum Gasteiger partial charge on any atom is -0.497 e. The molecule has 1 heterocycles. The van der Waals surface area contributed by atoms with E-state index in [2.05, 4.69) is 16.7 Å². The molecule has 0 aliphatic heterocycles. The Hall–Kier alpha value is -3.24. The van der Waals surface area contributed by atoms with Crippen molar-refractivity contribution in [3.05, 3.63) is 89.2 Å². The molecule has 0 spiro atoms. The zero-order chi connectivity index (χ0) is 20.1. The number of imidazole rings is 1. The van der Waals surface area contributed by atoms with Gasteiger partial charge < -0.3 is 14.0 Å². The molecule has 0 aliphatic carbocycles. The Labute approximate surface area is 175 Å². The minimum atomic E-state index is 0.533. The smallest absolute Gasteiger partial charge is 0.133 e. The van der Waals surface area contributed by atoms with Gasteiger partial charge in [0.25, 0.3) is 0 Å². The molecule has 0 unspecified atom stereocenters. The Morgan fingerprint density at radius 3 is 2.38 bits per heavy atom. The van der Waals surface area contributed by atoms with E-state index in [1.165, 1.54) is 0 Å². The van der Waals surface area contributed by atoms with E-state index in [0.29, 0.717) is 18.2 Å². The van der Waals surface area contributed by atoms with Crippen molar-refractivity contribution in [3.63, 3.8) is 0 Å². The number of hydrogen-bond acceptors (Lipinski definition) is 3. The fourth-order valence-electron chi connectivity index (χ4n) is 3.13. The molecule has 4 aromatic rings. The molecule has 146 valence electrons. The number of fused-ring (bicyclic) bond motifs is 1. The monoisotopic (exact) mass is 404 g/mol. The summed E-state index contributed by atoms with van der Waals surface area (Å²) in [5, 5.41) is 0.698. The summed E-state index contributed by atoms with van der Waals surface area (Å²) in [6.07, 6.45) is 4.08. The number of rotatable bonds is 7. The molecule has 0 fully saturated rings. The van der Waals surface area contributed by atoms with Crippen LogP contribution in [0.4, 0.5) is 0 Å². The number of aromatic nitrogens is 2. The van der Waals surface area contributed by atoms with Crippen LogP contribution in [0.25, 0.3) is 23.2 Å². The summed E-state index contributed by atoms with van der Waals surface area (Å²) in [6, 6.07) is 23.5. The van der Waals surface area contributed by atoms with Crippen LogP contribution in [0.5, 0.6) is 11.5 Å². The lowest BCUT2D eigenvalue weighted by molar-refractivity contribution is 0.300. The largest absolute Gasteiger partial charge is 0.497 e. The highest BCUT2D eigenvalue weighted by atomic mass is 35.5. The first kappa shape index (κ1) is 19.1. The van der Waals surface area contributed by atoms with Crippen molar-refractivity contribution in [1.82, 2.24) is 9.55 Å². The molecule has 1 aromatic heterocycles. The van der Waals surface area contributed by atoms with Crippen LogP contribution in [0.2, 0.25) is 5.02 Å². The standard InChI is InChI=1S/C24H21ClN2O2/c1-28-20-11-6-18(7-12-20)8-15-24-26-22-4-2-3-5-23(22)27(24)16-17-29-21-13-9-19(25)10-14-21/h2-15H,16-17H2,1H3/b15-8+. The highest BCUT2D eigenvalue weighted by molar-refractivity contribution is 6.30. The summed E-state index contributed by atoms with van der Waals surface area (Å²) in [4.78, 5) is 4.78. The molecule has 4 nitrogen and oxygen atoms in total. The Balaban J connectivity index is 1.54. The number of methoxy groups -OCH3 is 1. The van der Waals surface area contributed by atoms with Gasteiger partial charge in [-0.05, 0) is 60.2 Å². The summed E-state index contributed by atoms with van der Waals surface area (Å²) >= 11 is 5.93. The highest BCUT2D eigenvalue weighted by Gasteiger charge is 2.08. The molecule has 0 aliphatic rings. The highest BCUT2D eigenvalue weighted by Crippen LogP contribution is 2.20. The molecule has 29 heavy (non-hydrogen) atoms. The van der Waals surface area contributed by atoms with E-state index in [1.54, 1.807) is 7.11 Å². The van der Waals surface area contributed by atoms with E-state index in [1.807, 2.05) is 72.8 Å². The van der Waals surface area contributed by atoms with Gasteiger partial charge in [0.05, 0.1) is 24.7 Å². The summed E-state index contributed by atoms with van der Waals surface area (Å²) in [5.41, 5.74) is 3.14. The maximum atomic E-state index is 5.93. The quantitative estimate of drug-likeness (QED) is 0.382. The fraction of sp³-hybridized carbons (Fsp3) is 0.125. The van der Waals surface area contributed by atoms with Gasteiger partial charge in [0.15, 0.2) is 0 Å². The topological polar surface area (TPSA) is 36.3 Å². The van der Waals surface area contributed by atoms with E-state index in [4.69, 9.17) is 26.1 Å². The van der Waals surface area contributed by atoms with Gasteiger partial charge in [0.1, 0.15) is 23.9 Å². The van der Waals surface area contributed by atoms with Crippen LogP contribution in [-0.2, 0) is 6.54 Å². The fourth-order valence-corrected chi connectivity index (χ4v) is 3.25. The Morgan fingerprint density at radius 1 is 0.897 bits per heavy atom. The molecule has 0 N–H and O–H groups in total. The van der Waals surface area contributed by atoms with Gasteiger partial charge in [-0.1, -0.05) is 41.9 Å². The Kier molecular flexibility index (Phi) is 5.82. The third-order valence-corrected chi connectivity index (χ3v) is 4.87. The molecule has 0 amide bonds. The summed E-state index contributed by atoms with van der Waals surface area (Å²) in [5.74, 6) is 2.53. The molecule has 3 aromatic carbocycles. The van der Waals surface area contributed by atoms with Crippen LogP contribution in [0, 0.1) is 0 Å². The van der Waals surface area contributed by atoms with Crippen LogP contribution in [0.3, 0.4) is 0 Å². The molecule has 0 saturated carbocycles. The van der Waals surface area contributed by atoms with Gasteiger partial charge in [0, 0.05) is 5.02 Å². The van der Waals surface area contributed by atoms with Crippen molar-refractivity contribution in [1.29, 1.82) is 0 Å². The zero-order valence-corrected chi connectivity index (χ0v) is 16.8. The van der Waals surface area contributed by atoms with Crippen molar-refractivity contribution in [2.45, 2.75) is 6.54 Å². The maximum absolute atomic E-state index is 5.93. The maximum Gasteiger partial charge on any atom is 0.133 e. The molecule has 0 radical (unpaired) electrons. The van der Waals surface area contributed by atoms with Crippen molar-refractivity contribution < 1.29 is 9.47 Å². The minimum absolute atomic E-state index is 0.533. The number of para-hydroxylation sites is 2. The van der Waals surface area contributed by atoms with Crippen LogP contribution < -0.4 is 9.47 Å². The Bertz CT molecular complexity index is 1120. The molecule has 0 saturated heterocycles. The van der Waals surface area contributed by atoms with Crippen LogP contribution in [0.1, 0.15) is 11.4 Å². The molecular formula is C24H21ClN2O2. The van der Waals surface area contributed by atoms with Gasteiger partial charge in [-0.25, -0.2) is 4.98 Å². The van der Waals surface area contributed by atoms with Crippen molar-refractivity contribution in [3.8, 4) is 11.5 Å². The van der Waals surface area contributed by atoms with E-state index in [0.717, 1.165) is 33.9 Å². The van der Waals surface area contributed by atoms with Gasteiger partial charge in [-0.2, -0.15) is 0 Å². The average molecular weight is 405 g/mol. The van der Waals surface area contributed by atoms with Crippen molar-refractivity contribution in [2.24, 2.45) is 0 Å². The summed E-state index contributed by atoms with van der Waals surface area (Å²) in [7, 11) is 1.67. The first-order chi connectivity index (χ1) is 14.2. The second kappa shape index (κ2) is 8.84.